The predicted molar refractivity (Wildman–Crippen MR) is 88.3 cm³/mol. The zero-order chi connectivity index (χ0) is 16.7. The van der Waals surface area contributed by atoms with Gasteiger partial charge in [0, 0.05) is 13.6 Å². The highest BCUT2D eigenvalue weighted by Crippen LogP contribution is 2.04. The quantitative estimate of drug-likeness (QED) is 0.483. The Kier molecular flexibility index (Phi) is 5.85. The van der Waals surface area contributed by atoms with Gasteiger partial charge in [0.15, 0.2) is 11.8 Å². The summed E-state index contributed by atoms with van der Waals surface area (Å²) in [5.74, 6) is 2.05. The summed E-state index contributed by atoms with van der Waals surface area (Å²) in [5.41, 5.74) is 0.931. The van der Waals surface area contributed by atoms with Crippen molar-refractivity contribution in [2.24, 2.45) is 12.0 Å². The van der Waals surface area contributed by atoms with E-state index in [1.807, 2.05) is 18.5 Å². The largest absolute Gasteiger partial charge is 0.353 e. The lowest BCUT2D eigenvalue weighted by Crippen LogP contribution is -2.37. The number of aryl methyl sites for hydroxylation is 1. The van der Waals surface area contributed by atoms with Gasteiger partial charge >= 0.3 is 0 Å². The molecule has 1 aromatic carbocycles. The van der Waals surface area contributed by atoms with Crippen LogP contribution in [0, 0.1) is 12.7 Å². The van der Waals surface area contributed by atoms with Gasteiger partial charge in [-0.15, -0.1) is 16.8 Å². The van der Waals surface area contributed by atoms with E-state index in [4.69, 9.17) is 0 Å². The van der Waals surface area contributed by atoms with E-state index in [0.717, 1.165) is 17.2 Å². The Morgan fingerprint density at radius 2 is 2.04 bits per heavy atom. The second-order valence-electron chi connectivity index (χ2n) is 5.04. The molecule has 0 spiro atoms. The zero-order valence-corrected chi connectivity index (χ0v) is 13.4. The van der Waals surface area contributed by atoms with Crippen LogP contribution in [-0.4, -0.2) is 27.3 Å². The molecule has 0 aliphatic heterocycles. The number of nitrogens with zero attached hydrogens (tertiary/aromatic N) is 4. The van der Waals surface area contributed by atoms with Gasteiger partial charge in [0.25, 0.3) is 0 Å². The summed E-state index contributed by atoms with van der Waals surface area (Å²) in [4.78, 5) is 4.48. The summed E-state index contributed by atoms with van der Waals surface area (Å²) in [5, 5.41) is 14.5. The molecule has 0 aliphatic rings. The van der Waals surface area contributed by atoms with Crippen LogP contribution < -0.4 is 10.6 Å². The topological polar surface area (TPSA) is 67.1 Å². The van der Waals surface area contributed by atoms with Crippen LogP contribution in [-0.2, 0) is 20.1 Å². The number of hydrogen-bond acceptors (Lipinski definition) is 3. The number of aromatic nitrogens is 3. The number of aliphatic imine (C=N–C) groups is 1. The van der Waals surface area contributed by atoms with Gasteiger partial charge in [0.05, 0.1) is 13.1 Å². The fourth-order valence-corrected chi connectivity index (χ4v) is 1.87. The molecule has 6 nitrogen and oxygen atoms in total. The van der Waals surface area contributed by atoms with Gasteiger partial charge in [0.2, 0.25) is 0 Å². The predicted octanol–water partition coefficient (Wildman–Crippen LogP) is 1.68. The standard InChI is InChI=1S/C16H21FN6/c1-4-9-18-16(19-10-13-5-7-14(17)8-6-13)20-11-15-22-21-12(2)23(15)3/h4-8H,1,9-11H2,2-3H3,(H2,18,19,20). The Labute approximate surface area is 135 Å². The van der Waals surface area contributed by atoms with Gasteiger partial charge in [-0.2, -0.15) is 0 Å². The van der Waals surface area contributed by atoms with Crippen molar-refractivity contribution >= 4 is 5.96 Å². The van der Waals surface area contributed by atoms with Crippen molar-refractivity contribution in [1.82, 2.24) is 25.4 Å². The maximum absolute atomic E-state index is 12.9. The van der Waals surface area contributed by atoms with E-state index in [1.54, 1.807) is 18.2 Å². The van der Waals surface area contributed by atoms with Gasteiger partial charge in [-0.1, -0.05) is 18.2 Å². The highest BCUT2D eigenvalue weighted by molar-refractivity contribution is 5.79. The molecule has 0 amide bonds. The molecule has 1 aromatic heterocycles. The number of rotatable bonds is 6. The average Bonchev–Trinajstić information content (AvgIpc) is 2.87. The maximum atomic E-state index is 12.9. The van der Waals surface area contributed by atoms with Gasteiger partial charge < -0.3 is 15.2 Å². The van der Waals surface area contributed by atoms with Gasteiger partial charge in [0.1, 0.15) is 11.6 Å². The van der Waals surface area contributed by atoms with E-state index < -0.39 is 0 Å². The summed E-state index contributed by atoms with van der Waals surface area (Å²) < 4.78 is 14.8. The van der Waals surface area contributed by atoms with Crippen molar-refractivity contribution in [3.63, 3.8) is 0 Å². The van der Waals surface area contributed by atoms with E-state index >= 15 is 0 Å². The Bertz CT molecular complexity index is 674. The van der Waals surface area contributed by atoms with E-state index in [-0.39, 0.29) is 5.82 Å². The summed E-state index contributed by atoms with van der Waals surface area (Å²) in [7, 11) is 1.92. The van der Waals surface area contributed by atoms with E-state index in [9.17, 15) is 4.39 Å². The first-order valence-corrected chi connectivity index (χ1v) is 7.32. The summed E-state index contributed by atoms with van der Waals surface area (Å²) in [6, 6.07) is 6.29. The Morgan fingerprint density at radius 3 is 2.65 bits per heavy atom. The molecule has 0 radical (unpaired) electrons. The molecule has 2 aromatic rings. The summed E-state index contributed by atoms with van der Waals surface area (Å²) in [6.07, 6.45) is 1.75. The molecular weight excluding hydrogens is 295 g/mol. The Morgan fingerprint density at radius 1 is 1.30 bits per heavy atom. The number of guanidine groups is 1. The molecular formula is C16H21FN6. The van der Waals surface area contributed by atoms with Crippen molar-refractivity contribution in [3.05, 3.63) is 59.9 Å². The molecule has 0 aliphatic carbocycles. The minimum absolute atomic E-state index is 0.251. The molecule has 0 bridgehead atoms. The molecule has 0 saturated carbocycles. The highest BCUT2D eigenvalue weighted by atomic mass is 19.1. The van der Waals surface area contributed by atoms with Crippen LogP contribution in [0.5, 0.6) is 0 Å². The smallest absolute Gasteiger partial charge is 0.192 e. The van der Waals surface area contributed by atoms with Crippen LogP contribution >= 0.6 is 0 Å². The van der Waals surface area contributed by atoms with Gasteiger partial charge in [-0.25, -0.2) is 9.38 Å². The second kappa shape index (κ2) is 8.07. The third-order valence-corrected chi connectivity index (χ3v) is 3.34. The lowest BCUT2D eigenvalue weighted by molar-refractivity contribution is 0.627. The highest BCUT2D eigenvalue weighted by Gasteiger charge is 2.05. The first kappa shape index (κ1) is 16.7. The van der Waals surface area contributed by atoms with Crippen LogP contribution in [0.15, 0.2) is 41.9 Å². The number of halogens is 1. The molecule has 7 heteroatoms. The second-order valence-corrected chi connectivity index (χ2v) is 5.04. The third-order valence-electron chi connectivity index (χ3n) is 3.34. The number of hydrogen-bond donors (Lipinski definition) is 2. The summed E-state index contributed by atoms with van der Waals surface area (Å²) in [6.45, 7) is 7.12. The molecule has 2 rings (SSSR count). The number of benzene rings is 1. The normalized spacial score (nSPS) is 11.3. The van der Waals surface area contributed by atoms with E-state index in [2.05, 4.69) is 32.4 Å². The van der Waals surface area contributed by atoms with Gasteiger partial charge in [-0.05, 0) is 24.6 Å². The Balaban J connectivity index is 2.00. The van der Waals surface area contributed by atoms with Crippen molar-refractivity contribution in [2.45, 2.75) is 20.0 Å². The fourth-order valence-electron chi connectivity index (χ4n) is 1.87. The first-order valence-electron chi connectivity index (χ1n) is 7.32. The van der Waals surface area contributed by atoms with Crippen LogP contribution in [0.1, 0.15) is 17.2 Å². The van der Waals surface area contributed by atoms with Crippen LogP contribution in [0.2, 0.25) is 0 Å². The molecule has 122 valence electrons. The monoisotopic (exact) mass is 316 g/mol. The van der Waals surface area contributed by atoms with Crippen molar-refractivity contribution < 1.29 is 4.39 Å². The maximum Gasteiger partial charge on any atom is 0.192 e. The SMILES string of the molecule is C=CCNC(=NCc1ccc(F)cc1)NCc1nnc(C)n1C. The molecule has 0 fully saturated rings. The minimum atomic E-state index is -0.251. The summed E-state index contributed by atoms with van der Waals surface area (Å²) >= 11 is 0. The lowest BCUT2D eigenvalue weighted by Gasteiger charge is -2.11. The molecule has 0 unspecified atom stereocenters. The Hall–Kier alpha value is -2.70. The van der Waals surface area contributed by atoms with E-state index in [1.165, 1.54) is 12.1 Å². The van der Waals surface area contributed by atoms with Gasteiger partial charge in [-0.3, -0.25) is 0 Å². The van der Waals surface area contributed by atoms with E-state index in [0.29, 0.717) is 25.6 Å². The first-order chi connectivity index (χ1) is 11.1. The van der Waals surface area contributed by atoms with Crippen LogP contribution in [0.4, 0.5) is 4.39 Å². The lowest BCUT2D eigenvalue weighted by atomic mass is 10.2. The van der Waals surface area contributed by atoms with Crippen molar-refractivity contribution in [3.8, 4) is 0 Å². The average molecular weight is 316 g/mol. The minimum Gasteiger partial charge on any atom is -0.353 e. The van der Waals surface area contributed by atoms with Crippen LogP contribution in [0.3, 0.4) is 0 Å². The zero-order valence-electron chi connectivity index (χ0n) is 13.4. The molecule has 2 N–H and O–H groups in total. The van der Waals surface area contributed by atoms with Crippen molar-refractivity contribution in [1.29, 1.82) is 0 Å². The molecule has 23 heavy (non-hydrogen) atoms. The molecule has 0 saturated heterocycles. The van der Waals surface area contributed by atoms with Crippen LogP contribution in [0.25, 0.3) is 0 Å². The number of nitrogens with one attached hydrogen (secondary N) is 2. The fraction of sp³-hybridized carbons (Fsp3) is 0.312. The molecule has 0 atom stereocenters. The van der Waals surface area contributed by atoms with Crippen molar-refractivity contribution in [2.75, 3.05) is 6.54 Å². The third kappa shape index (κ3) is 4.91. The molecule has 1 heterocycles.